The van der Waals surface area contributed by atoms with Crippen LogP contribution in [0.4, 0.5) is 0 Å². The molecule has 1 aliphatic rings. The molecule has 0 bridgehead atoms. The quantitative estimate of drug-likeness (QED) is 0.807. The Labute approximate surface area is 127 Å². The monoisotopic (exact) mass is 304 g/mol. The van der Waals surface area contributed by atoms with Gasteiger partial charge in [-0.1, -0.05) is 0 Å². The van der Waals surface area contributed by atoms with Gasteiger partial charge in [-0.25, -0.2) is 0 Å². The first-order chi connectivity index (χ1) is 10.7. The number of rotatable bonds is 4. The normalized spacial score (nSPS) is 27.0. The van der Waals surface area contributed by atoms with Gasteiger partial charge >= 0.3 is 11.9 Å². The molecule has 0 amide bonds. The predicted octanol–water partition coefficient (Wildman–Crippen LogP) is 2.33. The standard InChI is InChI=1S/C16H16O6/c1-19-15(17)13-11(9-5-3-7-21-9)12(10-6-4-8-22-10)14(13)16(18)20-2/h3-8,11-14H,1-2H3/t11-,12+,13+,14-. The van der Waals surface area contributed by atoms with Crippen molar-refractivity contribution in [1.29, 1.82) is 0 Å². The van der Waals surface area contributed by atoms with Gasteiger partial charge in [0.25, 0.3) is 0 Å². The molecule has 6 nitrogen and oxygen atoms in total. The first kappa shape index (κ1) is 14.4. The van der Waals surface area contributed by atoms with Crippen LogP contribution in [0, 0.1) is 11.8 Å². The smallest absolute Gasteiger partial charge is 0.310 e. The van der Waals surface area contributed by atoms with Gasteiger partial charge in [-0.3, -0.25) is 9.59 Å². The number of ether oxygens (including phenoxy) is 2. The predicted molar refractivity (Wildman–Crippen MR) is 73.9 cm³/mol. The van der Waals surface area contributed by atoms with Crippen molar-refractivity contribution in [2.24, 2.45) is 11.8 Å². The first-order valence-electron chi connectivity index (χ1n) is 6.91. The van der Waals surface area contributed by atoms with Crippen molar-refractivity contribution >= 4 is 11.9 Å². The Balaban J connectivity index is 2.03. The molecule has 2 aromatic rings. The van der Waals surface area contributed by atoms with E-state index >= 15 is 0 Å². The number of furan rings is 2. The molecule has 0 N–H and O–H groups in total. The largest absolute Gasteiger partial charge is 0.469 e. The van der Waals surface area contributed by atoms with Gasteiger partial charge in [0.15, 0.2) is 0 Å². The van der Waals surface area contributed by atoms with Crippen LogP contribution in [0.2, 0.25) is 0 Å². The third-order valence-corrected chi connectivity index (χ3v) is 4.24. The summed E-state index contributed by atoms with van der Waals surface area (Å²) in [6.45, 7) is 0. The number of hydrogen-bond acceptors (Lipinski definition) is 6. The van der Waals surface area contributed by atoms with Crippen molar-refractivity contribution in [3.05, 3.63) is 48.3 Å². The average Bonchev–Trinajstić information content (AvgIpc) is 3.19. The molecule has 2 aromatic heterocycles. The molecule has 2 heterocycles. The van der Waals surface area contributed by atoms with Crippen LogP contribution in [0.25, 0.3) is 0 Å². The molecule has 4 atom stereocenters. The molecule has 6 heteroatoms. The van der Waals surface area contributed by atoms with Crippen LogP contribution in [-0.4, -0.2) is 26.2 Å². The molecular weight excluding hydrogens is 288 g/mol. The second-order valence-electron chi connectivity index (χ2n) is 5.18. The van der Waals surface area contributed by atoms with Crippen molar-refractivity contribution in [3.8, 4) is 0 Å². The van der Waals surface area contributed by atoms with Crippen LogP contribution in [0.5, 0.6) is 0 Å². The summed E-state index contributed by atoms with van der Waals surface area (Å²) in [5, 5.41) is 0. The lowest BCUT2D eigenvalue weighted by atomic mass is 9.54. The number of carbonyl (C=O) groups is 2. The number of hydrogen-bond donors (Lipinski definition) is 0. The van der Waals surface area contributed by atoms with E-state index in [0.717, 1.165) is 0 Å². The number of methoxy groups -OCH3 is 2. The van der Waals surface area contributed by atoms with E-state index in [1.165, 1.54) is 26.7 Å². The Morgan fingerprint density at radius 2 is 1.27 bits per heavy atom. The van der Waals surface area contributed by atoms with Crippen LogP contribution in [0.3, 0.4) is 0 Å². The summed E-state index contributed by atoms with van der Waals surface area (Å²) in [6.07, 6.45) is 3.07. The molecule has 0 radical (unpaired) electrons. The summed E-state index contributed by atoms with van der Waals surface area (Å²) in [5.41, 5.74) is 0. The fourth-order valence-electron chi connectivity index (χ4n) is 3.28. The molecule has 1 saturated carbocycles. The van der Waals surface area contributed by atoms with Crippen molar-refractivity contribution in [2.75, 3.05) is 14.2 Å². The maximum Gasteiger partial charge on any atom is 0.310 e. The Kier molecular flexibility index (Phi) is 3.75. The van der Waals surface area contributed by atoms with Gasteiger partial charge in [-0.05, 0) is 24.3 Å². The summed E-state index contributed by atoms with van der Waals surface area (Å²) >= 11 is 0. The molecule has 22 heavy (non-hydrogen) atoms. The lowest BCUT2D eigenvalue weighted by Gasteiger charge is -2.46. The van der Waals surface area contributed by atoms with Crippen LogP contribution in [0.1, 0.15) is 23.4 Å². The van der Waals surface area contributed by atoms with E-state index in [1.54, 1.807) is 24.3 Å². The minimum atomic E-state index is -0.654. The van der Waals surface area contributed by atoms with E-state index in [4.69, 9.17) is 18.3 Å². The molecule has 0 spiro atoms. The van der Waals surface area contributed by atoms with Gasteiger partial charge in [-0.2, -0.15) is 0 Å². The Hall–Kier alpha value is -2.50. The first-order valence-corrected chi connectivity index (χ1v) is 6.91. The molecule has 0 aromatic carbocycles. The molecule has 1 fully saturated rings. The highest BCUT2D eigenvalue weighted by Gasteiger charge is 2.61. The lowest BCUT2D eigenvalue weighted by Crippen LogP contribution is -2.51. The fourth-order valence-corrected chi connectivity index (χ4v) is 3.28. The topological polar surface area (TPSA) is 78.9 Å². The molecule has 1 aliphatic carbocycles. The highest BCUT2D eigenvalue weighted by molar-refractivity contribution is 5.86. The van der Waals surface area contributed by atoms with E-state index in [9.17, 15) is 9.59 Å². The highest BCUT2D eigenvalue weighted by Crippen LogP contribution is 2.58. The lowest BCUT2D eigenvalue weighted by molar-refractivity contribution is -0.169. The van der Waals surface area contributed by atoms with Crippen molar-refractivity contribution < 1.29 is 27.9 Å². The number of esters is 2. The van der Waals surface area contributed by atoms with Gasteiger partial charge in [0, 0.05) is 11.8 Å². The van der Waals surface area contributed by atoms with Gasteiger partial charge in [0.2, 0.25) is 0 Å². The van der Waals surface area contributed by atoms with E-state index in [2.05, 4.69) is 0 Å². The summed E-state index contributed by atoms with van der Waals surface area (Å²) in [6, 6.07) is 7.05. The third-order valence-electron chi connectivity index (χ3n) is 4.24. The summed E-state index contributed by atoms with van der Waals surface area (Å²) in [4.78, 5) is 24.3. The SMILES string of the molecule is COC(=O)[C@@H]1[C@H](C(=O)OC)[C@@H](c2ccco2)[C@H]1c1ccco1. The maximum absolute atomic E-state index is 12.1. The number of carbonyl (C=O) groups excluding carboxylic acids is 2. The van der Waals surface area contributed by atoms with E-state index in [-0.39, 0.29) is 11.8 Å². The van der Waals surface area contributed by atoms with Crippen LogP contribution < -0.4 is 0 Å². The van der Waals surface area contributed by atoms with Gasteiger partial charge in [0.05, 0.1) is 38.6 Å². The Bertz CT molecular complexity index is 584. The minimum Gasteiger partial charge on any atom is -0.469 e. The van der Waals surface area contributed by atoms with Crippen LogP contribution >= 0.6 is 0 Å². The summed E-state index contributed by atoms with van der Waals surface area (Å²) < 4.78 is 20.6. The summed E-state index contributed by atoms with van der Waals surface area (Å²) in [7, 11) is 2.60. The third kappa shape index (κ3) is 2.11. The van der Waals surface area contributed by atoms with Gasteiger partial charge in [-0.15, -0.1) is 0 Å². The fraction of sp³-hybridized carbons (Fsp3) is 0.375. The van der Waals surface area contributed by atoms with Crippen LogP contribution in [0.15, 0.2) is 45.6 Å². The zero-order valence-electron chi connectivity index (χ0n) is 12.2. The minimum absolute atomic E-state index is 0.322. The zero-order valence-corrected chi connectivity index (χ0v) is 12.2. The molecule has 0 unspecified atom stereocenters. The zero-order chi connectivity index (χ0) is 15.7. The van der Waals surface area contributed by atoms with E-state index < -0.39 is 23.8 Å². The van der Waals surface area contributed by atoms with Crippen molar-refractivity contribution in [1.82, 2.24) is 0 Å². The van der Waals surface area contributed by atoms with Gasteiger partial charge in [0.1, 0.15) is 11.5 Å². The average molecular weight is 304 g/mol. The second kappa shape index (κ2) is 5.71. The molecule has 0 aliphatic heterocycles. The van der Waals surface area contributed by atoms with Gasteiger partial charge < -0.3 is 18.3 Å². The maximum atomic E-state index is 12.1. The molecule has 116 valence electrons. The molecule has 0 saturated heterocycles. The molecular formula is C16H16O6. The highest BCUT2D eigenvalue weighted by atomic mass is 16.5. The van der Waals surface area contributed by atoms with E-state index in [0.29, 0.717) is 11.5 Å². The Morgan fingerprint density at radius 3 is 1.55 bits per heavy atom. The molecule has 3 rings (SSSR count). The Morgan fingerprint density at radius 1 is 0.864 bits per heavy atom. The van der Waals surface area contributed by atoms with Crippen LogP contribution in [-0.2, 0) is 19.1 Å². The van der Waals surface area contributed by atoms with Crippen molar-refractivity contribution in [3.63, 3.8) is 0 Å². The second-order valence-corrected chi connectivity index (χ2v) is 5.18. The summed E-state index contributed by atoms with van der Waals surface area (Å²) in [5.74, 6) is -1.62. The van der Waals surface area contributed by atoms with E-state index in [1.807, 2.05) is 0 Å². The van der Waals surface area contributed by atoms with Crippen molar-refractivity contribution in [2.45, 2.75) is 11.8 Å².